The van der Waals surface area contributed by atoms with E-state index in [0.717, 1.165) is 0 Å². The molecule has 0 bridgehead atoms. The first kappa shape index (κ1) is 23.4. The number of carbonyl (C=O) groups is 1. The highest BCUT2D eigenvalue weighted by Crippen LogP contribution is 2.38. The van der Waals surface area contributed by atoms with Crippen LogP contribution in [-0.2, 0) is 4.79 Å². The summed E-state index contributed by atoms with van der Waals surface area (Å²) in [6.45, 7) is 5.69. The number of rotatable bonds is 6. The molecule has 1 aromatic heterocycles. The summed E-state index contributed by atoms with van der Waals surface area (Å²) in [6, 6.07) is 6.37. The summed E-state index contributed by atoms with van der Waals surface area (Å²) in [5.74, 6) is 0. The molecule has 0 radical (unpaired) electrons. The van der Waals surface area contributed by atoms with Crippen LogP contribution in [0.1, 0.15) is 19.5 Å². The molecule has 2 aromatic rings. The van der Waals surface area contributed by atoms with Crippen LogP contribution in [-0.4, -0.2) is 35.3 Å². The number of pyridine rings is 1. The maximum absolute atomic E-state index is 11.4. The van der Waals surface area contributed by atoms with E-state index in [4.69, 9.17) is 23.2 Å². The van der Waals surface area contributed by atoms with Crippen molar-refractivity contribution < 1.29 is 9.72 Å². The van der Waals surface area contributed by atoms with Gasteiger partial charge in [-0.25, -0.2) is 4.98 Å². The maximum atomic E-state index is 11.4. The van der Waals surface area contributed by atoms with E-state index in [2.05, 4.69) is 4.98 Å². The second-order valence-electron chi connectivity index (χ2n) is 5.65. The third-order valence-corrected chi connectivity index (χ3v) is 4.00. The number of amides is 1. The molecule has 0 atom stereocenters. The Bertz CT molecular complexity index is 886. The first-order valence-corrected chi connectivity index (χ1v) is 9.20. The minimum absolute atomic E-state index is 0.186. The third-order valence-electron chi connectivity index (χ3n) is 3.44. The van der Waals surface area contributed by atoms with Crippen LogP contribution in [0, 0.1) is 17.0 Å². The number of benzene rings is 1. The number of nitrogens with zero attached hydrogens (tertiary/aromatic N) is 4. The number of aromatic nitrogens is 1. The zero-order chi connectivity index (χ0) is 21.4. The van der Waals surface area contributed by atoms with E-state index in [1.54, 1.807) is 48.5 Å². The van der Waals surface area contributed by atoms with Gasteiger partial charge in [-0.2, -0.15) is 0 Å². The standard InChI is InChI=1S/C17H16Cl2N4O3.C2H6/c1-11-8-13(16(23(25)26)17(19)20-11)12-4-5-15(14(18)9-12)22(10-24)7-6-21(2)3;1-2/h4-10H,1-3H3;1-2H3/b7-6-;. The summed E-state index contributed by atoms with van der Waals surface area (Å²) in [4.78, 5) is 29.1. The van der Waals surface area contributed by atoms with Crippen LogP contribution in [0.5, 0.6) is 0 Å². The summed E-state index contributed by atoms with van der Waals surface area (Å²) in [6.07, 6.45) is 3.87. The highest BCUT2D eigenvalue weighted by atomic mass is 35.5. The minimum Gasteiger partial charge on any atom is -0.382 e. The van der Waals surface area contributed by atoms with Crippen LogP contribution in [0.3, 0.4) is 0 Å². The van der Waals surface area contributed by atoms with E-state index in [1.165, 1.54) is 4.90 Å². The first-order chi connectivity index (χ1) is 13.2. The van der Waals surface area contributed by atoms with Gasteiger partial charge < -0.3 is 4.90 Å². The van der Waals surface area contributed by atoms with Crippen molar-refractivity contribution in [1.29, 1.82) is 0 Å². The van der Waals surface area contributed by atoms with Crippen LogP contribution < -0.4 is 4.90 Å². The van der Waals surface area contributed by atoms with Crippen molar-refractivity contribution in [2.75, 3.05) is 19.0 Å². The molecule has 1 amide bonds. The van der Waals surface area contributed by atoms with Gasteiger partial charge in [-0.1, -0.05) is 43.1 Å². The smallest absolute Gasteiger partial charge is 0.314 e. The molecule has 0 spiro atoms. The molecule has 1 aromatic carbocycles. The van der Waals surface area contributed by atoms with Gasteiger partial charge in [0, 0.05) is 32.2 Å². The highest BCUT2D eigenvalue weighted by molar-refractivity contribution is 6.34. The summed E-state index contributed by atoms with van der Waals surface area (Å²) in [7, 11) is 3.64. The van der Waals surface area contributed by atoms with Gasteiger partial charge in [0.05, 0.1) is 21.2 Å². The van der Waals surface area contributed by atoms with Crippen LogP contribution in [0.4, 0.5) is 11.4 Å². The fourth-order valence-corrected chi connectivity index (χ4v) is 2.87. The quantitative estimate of drug-likeness (QED) is 0.272. The lowest BCUT2D eigenvalue weighted by molar-refractivity contribution is -0.384. The van der Waals surface area contributed by atoms with Crippen LogP contribution in [0.2, 0.25) is 10.2 Å². The summed E-state index contributed by atoms with van der Waals surface area (Å²) in [5, 5.41) is 11.4. The van der Waals surface area contributed by atoms with E-state index < -0.39 is 4.92 Å². The van der Waals surface area contributed by atoms with Crippen LogP contribution in [0.25, 0.3) is 11.1 Å². The van der Waals surface area contributed by atoms with E-state index in [-0.39, 0.29) is 15.9 Å². The number of hydrogen-bond donors (Lipinski definition) is 0. The molecule has 0 saturated carbocycles. The minimum atomic E-state index is -0.580. The maximum Gasteiger partial charge on any atom is 0.314 e. The topological polar surface area (TPSA) is 79.6 Å². The lowest BCUT2D eigenvalue weighted by atomic mass is 10.0. The molecular formula is C19H22Cl2N4O3. The average molecular weight is 425 g/mol. The lowest BCUT2D eigenvalue weighted by Crippen LogP contribution is -2.15. The van der Waals surface area contributed by atoms with Gasteiger partial charge in [-0.3, -0.25) is 19.8 Å². The predicted molar refractivity (Wildman–Crippen MR) is 114 cm³/mol. The molecule has 0 aliphatic heterocycles. The Hall–Kier alpha value is -2.64. The molecule has 9 heteroatoms. The highest BCUT2D eigenvalue weighted by Gasteiger charge is 2.23. The van der Waals surface area contributed by atoms with Gasteiger partial charge in [0.1, 0.15) is 0 Å². The van der Waals surface area contributed by atoms with Gasteiger partial charge in [0.25, 0.3) is 0 Å². The molecule has 0 N–H and O–H groups in total. The van der Waals surface area contributed by atoms with Gasteiger partial charge in [-0.15, -0.1) is 0 Å². The Morgan fingerprint density at radius 2 is 1.79 bits per heavy atom. The Morgan fingerprint density at radius 3 is 2.29 bits per heavy atom. The van der Waals surface area contributed by atoms with Crippen molar-refractivity contribution in [3.8, 4) is 11.1 Å². The average Bonchev–Trinajstić information content (AvgIpc) is 2.63. The molecule has 1 heterocycles. The third kappa shape index (κ3) is 5.68. The van der Waals surface area contributed by atoms with Crippen molar-refractivity contribution in [1.82, 2.24) is 9.88 Å². The van der Waals surface area contributed by atoms with Crippen molar-refractivity contribution in [2.24, 2.45) is 0 Å². The zero-order valence-electron chi connectivity index (χ0n) is 16.3. The Morgan fingerprint density at radius 1 is 1.14 bits per heavy atom. The molecule has 0 saturated heterocycles. The molecule has 150 valence electrons. The molecule has 7 nitrogen and oxygen atoms in total. The van der Waals surface area contributed by atoms with Crippen LogP contribution in [0.15, 0.2) is 36.7 Å². The largest absolute Gasteiger partial charge is 0.382 e. The number of hydrogen-bond acceptors (Lipinski definition) is 5. The van der Waals surface area contributed by atoms with Crippen LogP contribution >= 0.6 is 23.2 Å². The number of anilines is 1. The van der Waals surface area contributed by atoms with Gasteiger partial charge >= 0.3 is 5.69 Å². The fourth-order valence-electron chi connectivity index (χ4n) is 2.28. The van der Waals surface area contributed by atoms with Gasteiger partial charge in [0.15, 0.2) is 0 Å². The number of carbonyl (C=O) groups excluding carboxylic acids is 1. The van der Waals surface area contributed by atoms with Gasteiger partial charge in [-0.05, 0) is 30.7 Å². The van der Waals surface area contributed by atoms with Crippen molar-refractivity contribution in [3.05, 3.63) is 62.6 Å². The molecule has 2 rings (SSSR count). The number of halogens is 2. The Kier molecular flexibility index (Phi) is 8.88. The van der Waals surface area contributed by atoms with E-state index >= 15 is 0 Å². The molecule has 0 unspecified atom stereocenters. The first-order valence-electron chi connectivity index (χ1n) is 8.44. The predicted octanol–water partition coefficient (Wildman–Crippen LogP) is 5.29. The van der Waals surface area contributed by atoms with E-state index in [0.29, 0.717) is 28.9 Å². The lowest BCUT2D eigenvalue weighted by Gasteiger charge is -2.16. The van der Waals surface area contributed by atoms with E-state index in [9.17, 15) is 14.9 Å². The number of nitro groups is 1. The summed E-state index contributed by atoms with van der Waals surface area (Å²) < 4.78 is 0. The number of aryl methyl sites for hydroxylation is 1. The Balaban J connectivity index is 0.00000190. The van der Waals surface area contributed by atoms with Crippen molar-refractivity contribution in [3.63, 3.8) is 0 Å². The second-order valence-corrected chi connectivity index (χ2v) is 6.41. The summed E-state index contributed by atoms with van der Waals surface area (Å²) in [5.41, 5.74) is 1.51. The molecular weight excluding hydrogens is 403 g/mol. The van der Waals surface area contributed by atoms with Crippen molar-refractivity contribution >= 4 is 41.0 Å². The second kappa shape index (κ2) is 10.6. The molecule has 0 aliphatic rings. The molecule has 0 aliphatic carbocycles. The summed E-state index contributed by atoms with van der Waals surface area (Å²) >= 11 is 12.3. The molecule has 28 heavy (non-hydrogen) atoms. The SMILES string of the molecule is CC.Cc1cc(-c2ccc(N(C=O)/C=C\N(C)C)c(Cl)c2)c([N+](=O)[O-])c(Cl)n1. The normalized spacial score (nSPS) is 10.2. The van der Waals surface area contributed by atoms with Gasteiger partial charge in [0.2, 0.25) is 11.6 Å². The molecule has 0 fully saturated rings. The monoisotopic (exact) mass is 424 g/mol. The Labute approximate surface area is 174 Å². The zero-order valence-corrected chi connectivity index (χ0v) is 17.8. The van der Waals surface area contributed by atoms with E-state index in [1.807, 2.05) is 27.9 Å². The fraction of sp³-hybridized carbons (Fsp3) is 0.263. The van der Waals surface area contributed by atoms with Crippen molar-refractivity contribution in [2.45, 2.75) is 20.8 Å².